The Hall–Kier alpha value is -3.13. The minimum atomic E-state index is -2.74. The lowest BCUT2D eigenvalue weighted by Gasteiger charge is -2.23. The van der Waals surface area contributed by atoms with Crippen LogP contribution in [0.4, 0.5) is 8.78 Å². The topological polar surface area (TPSA) is 50.5 Å². The van der Waals surface area contributed by atoms with Gasteiger partial charge in [0.2, 0.25) is 0 Å². The number of hydrogen-bond acceptors (Lipinski definition) is 4. The third-order valence-corrected chi connectivity index (χ3v) is 6.38. The first-order valence-electron chi connectivity index (χ1n) is 9.70. The first-order valence-corrected chi connectivity index (χ1v) is 10.6. The Labute approximate surface area is 175 Å². The number of halogens is 2. The van der Waals surface area contributed by atoms with Crippen LogP contribution >= 0.6 is 11.3 Å². The number of benzene rings is 1. The number of likely N-dealkylation sites (tertiary alicyclic amines) is 1. The van der Waals surface area contributed by atoms with Gasteiger partial charge in [-0.25, -0.2) is 18.3 Å². The molecule has 3 aromatic heterocycles. The molecule has 5 nitrogen and oxygen atoms in total. The Balaban J connectivity index is 1.61. The van der Waals surface area contributed by atoms with E-state index in [4.69, 9.17) is 0 Å². The van der Waals surface area contributed by atoms with E-state index in [1.807, 2.05) is 40.6 Å². The smallest absolute Gasteiger partial charge is 0.280 e. The van der Waals surface area contributed by atoms with Gasteiger partial charge in [-0.2, -0.15) is 5.10 Å². The second-order valence-electron chi connectivity index (χ2n) is 7.20. The predicted octanol–water partition coefficient (Wildman–Crippen LogP) is 5.37. The van der Waals surface area contributed by atoms with Gasteiger partial charge in [-0.3, -0.25) is 4.79 Å². The van der Waals surface area contributed by atoms with Crippen LogP contribution in [0.15, 0.2) is 60.1 Å². The molecule has 0 bridgehead atoms. The number of carbonyl (C=O) groups is 1. The molecule has 0 radical (unpaired) electrons. The van der Waals surface area contributed by atoms with E-state index in [1.54, 1.807) is 23.5 Å². The Kier molecular flexibility index (Phi) is 4.78. The highest BCUT2D eigenvalue weighted by atomic mass is 32.1. The van der Waals surface area contributed by atoms with Crippen molar-refractivity contribution in [3.63, 3.8) is 0 Å². The van der Waals surface area contributed by atoms with Crippen molar-refractivity contribution in [3.8, 4) is 11.3 Å². The molecule has 152 valence electrons. The van der Waals surface area contributed by atoms with Gasteiger partial charge in [0.25, 0.3) is 12.3 Å². The van der Waals surface area contributed by atoms with Gasteiger partial charge in [0.1, 0.15) is 11.3 Å². The highest BCUT2D eigenvalue weighted by Crippen LogP contribution is 2.36. The summed E-state index contributed by atoms with van der Waals surface area (Å²) in [7, 11) is 0. The average molecular weight is 424 g/mol. The SMILES string of the molecule is O=C(c1cnn2c(C(F)F)cc(-c3ccccc3)nc12)N1CCC[C@H]1c1cccs1. The maximum absolute atomic E-state index is 13.8. The fourth-order valence-corrected chi connectivity index (χ4v) is 4.86. The molecule has 4 aromatic rings. The van der Waals surface area contributed by atoms with Crippen LogP contribution in [-0.4, -0.2) is 31.9 Å². The number of carbonyl (C=O) groups excluding carboxylic acids is 1. The number of hydrogen-bond donors (Lipinski definition) is 0. The van der Waals surface area contributed by atoms with E-state index in [0.29, 0.717) is 17.8 Å². The molecule has 1 aliphatic rings. The average Bonchev–Trinajstić information content (AvgIpc) is 3.53. The molecule has 5 rings (SSSR count). The van der Waals surface area contributed by atoms with Crippen LogP contribution in [0.3, 0.4) is 0 Å². The van der Waals surface area contributed by atoms with Crippen molar-refractivity contribution in [1.29, 1.82) is 0 Å². The molecular weight excluding hydrogens is 406 g/mol. The number of amides is 1. The van der Waals surface area contributed by atoms with E-state index in [-0.39, 0.29) is 28.9 Å². The molecule has 1 atom stereocenters. The van der Waals surface area contributed by atoms with Gasteiger partial charge in [0.05, 0.1) is 17.9 Å². The van der Waals surface area contributed by atoms with Crippen molar-refractivity contribution in [2.45, 2.75) is 25.3 Å². The second-order valence-corrected chi connectivity index (χ2v) is 8.18. The van der Waals surface area contributed by atoms with E-state index >= 15 is 0 Å². The zero-order valence-corrected chi connectivity index (χ0v) is 16.7. The van der Waals surface area contributed by atoms with Gasteiger partial charge in [0, 0.05) is 17.0 Å². The Bertz CT molecular complexity index is 1190. The molecule has 0 N–H and O–H groups in total. The molecule has 0 unspecified atom stereocenters. The maximum Gasteiger partial charge on any atom is 0.280 e. The van der Waals surface area contributed by atoms with E-state index in [9.17, 15) is 13.6 Å². The lowest BCUT2D eigenvalue weighted by atomic mass is 10.1. The van der Waals surface area contributed by atoms with Crippen molar-refractivity contribution in [3.05, 3.63) is 76.2 Å². The molecule has 30 heavy (non-hydrogen) atoms. The molecular formula is C22H18F2N4OS. The first kappa shape index (κ1) is 18.9. The van der Waals surface area contributed by atoms with Gasteiger partial charge >= 0.3 is 0 Å². The molecule has 1 fully saturated rings. The molecule has 1 aliphatic heterocycles. The maximum atomic E-state index is 13.8. The number of thiophene rings is 1. The standard InChI is InChI=1S/C22H18F2N4OS/c23-20(24)18-12-16(14-6-2-1-3-7-14)26-21-15(13-25-28(18)21)22(29)27-10-4-8-17(27)19-9-5-11-30-19/h1-3,5-7,9,11-13,17,20H,4,8,10H2/t17-/m0/s1. The van der Waals surface area contributed by atoms with Crippen molar-refractivity contribution in [2.24, 2.45) is 0 Å². The monoisotopic (exact) mass is 424 g/mol. The van der Waals surface area contributed by atoms with Gasteiger partial charge < -0.3 is 4.90 Å². The van der Waals surface area contributed by atoms with Gasteiger partial charge in [-0.05, 0) is 30.4 Å². The van der Waals surface area contributed by atoms with Crippen molar-refractivity contribution in [1.82, 2.24) is 19.5 Å². The molecule has 1 aromatic carbocycles. The quantitative estimate of drug-likeness (QED) is 0.442. The summed E-state index contributed by atoms with van der Waals surface area (Å²) >= 11 is 1.62. The Morgan fingerprint density at radius 2 is 2.00 bits per heavy atom. The van der Waals surface area contributed by atoms with E-state index in [2.05, 4.69) is 10.1 Å². The van der Waals surface area contributed by atoms with Crippen LogP contribution in [0.5, 0.6) is 0 Å². The zero-order valence-electron chi connectivity index (χ0n) is 15.9. The van der Waals surface area contributed by atoms with Gasteiger partial charge in [-0.1, -0.05) is 36.4 Å². The van der Waals surface area contributed by atoms with E-state index < -0.39 is 6.43 Å². The number of fused-ring (bicyclic) bond motifs is 1. The van der Waals surface area contributed by atoms with Crippen LogP contribution in [0.25, 0.3) is 16.9 Å². The molecule has 0 spiro atoms. The van der Waals surface area contributed by atoms with E-state index in [1.165, 1.54) is 12.3 Å². The summed E-state index contributed by atoms with van der Waals surface area (Å²) in [6.07, 6.45) is 0.399. The third kappa shape index (κ3) is 3.17. The summed E-state index contributed by atoms with van der Waals surface area (Å²) in [6.45, 7) is 0.624. The third-order valence-electron chi connectivity index (χ3n) is 5.41. The normalized spacial score (nSPS) is 16.6. The summed E-state index contributed by atoms with van der Waals surface area (Å²) < 4.78 is 28.6. The molecule has 0 aliphatic carbocycles. The second kappa shape index (κ2) is 7.60. The highest BCUT2D eigenvalue weighted by molar-refractivity contribution is 7.10. The fraction of sp³-hybridized carbons (Fsp3) is 0.227. The van der Waals surface area contributed by atoms with Crippen LogP contribution in [-0.2, 0) is 0 Å². The Morgan fingerprint density at radius 3 is 2.73 bits per heavy atom. The first-order chi connectivity index (χ1) is 14.6. The largest absolute Gasteiger partial charge is 0.331 e. The van der Waals surface area contributed by atoms with Crippen LogP contribution < -0.4 is 0 Å². The number of rotatable bonds is 4. The highest BCUT2D eigenvalue weighted by Gasteiger charge is 2.33. The van der Waals surface area contributed by atoms with Crippen LogP contribution in [0.2, 0.25) is 0 Å². The lowest BCUT2D eigenvalue weighted by Crippen LogP contribution is -2.30. The Morgan fingerprint density at radius 1 is 1.17 bits per heavy atom. The molecule has 1 amide bonds. The predicted molar refractivity (Wildman–Crippen MR) is 111 cm³/mol. The fourth-order valence-electron chi connectivity index (χ4n) is 3.99. The molecule has 8 heteroatoms. The van der Waals surface area contributed by atoms with Gasteiger partial charge in [0.15, 0.2) is 5.65 Å². The minimum absolute atomic E-state index is 0.000625. The zero-order chi connectivity index (χ0) is 20.7. The van der Waals surface area contributed by atoms with Crippen LogP contribution in [0.1, 0.15) is 46.2 Å². The number of aromatic nitrogens is 3. The molecule has 0 saturated carbocycles. The van der Waals surface area contributed by atoms with Crippen molar-refractivity contribution in [2.75, 3.05) is 6.54 Å². The van der Waals surface area contributed by atoms with Gasteiger partial charge in [-0.15, -0.1) is 11.3 Å². The van der Waals surface area contributed by atoms with E-state index in [0.717, 1.165) is 22.2 Å². The minimum Gasteiger partial charge on any atom is -0.331 e. The number of alkyl halides is 2. The van der Waals surface area contributed by atoms with Crippen molar-refractivity contribution >= 4 is 22.9 Å². The van der Waals surface area contributed by atoms with Crippen LogP contribution in [0, 0.1) is 0 Å². The molecule has 1 saturated heterocycles. The molecule has 4 heterocycles. The summed E-state index contributed by atoms with van der Waals surface area (Å²) in [6, 6.07) is 14.4. The summed E-state index contributed by atoms with van der Waals surface area (Å²) in [5.41, 5.74) is 1.23. The lowest BCUT2D eigenvalue weighted by molar-refractivity contribution is 0.0739. The van der Waals surface area contributed by atoms with Crippen molar-refractivity contribution < 1.29 is 13.6 Å². The number of nitrogens with zero attached hydrogens (tertiary/aromatic N) is 4. The summed E-state index contributed by atoms with van der Waals surface area (Å²) in [5, 5.41) is 6.08. The summed E-state index contributed by atoms with van der Waals surface area (Å²) in [4.78, 5) is 20.9. The summed E-state index contributed by atoms with van der Waals surface area (Å²) in [5.74, 6) is -0.223.